The van der Waals surface area contributed by atoms with E-state index in [2.05, 4.69) is 10.1 Å². The average Bonchev–Trinajstić information content (AvgIpc) is 3.38. The van der Waals surface area contributed by atoms with E-state index in [0.29, 0.717) is 31.1 Å². The second kappa shape index (κ2) is 8.99. The maximum Gasteiger partial charge on any atom is 0.265 e. The van der Waals surface area contributed by atoms with Gasteiger partial charge in [-0.1, -0.05) is 5.16 Å². The maximum atomic E-state index is 13.1. The fraction of sp³-hybridized carbons (Fsp3) is 0.579. The molecule has 0 N–H and O–H groups in total. The molecule has 4 rings (SSSR count). The third-order valence-electron chi connectivity index (χ3n) is 5.63. The minimum atomic E-state index is -3.63. The topological polar surface area (TPSA) is 87.0 Å². The van der Waals surface area contributed by atoms with E-state index < -0.39 is 10.0 Å². The number of piperazine rings is 1. The highest BCUT2D eigenvalue weighted by Crippen LogP contribution is 2.28. The number of amides is 1. The van der Waals surface area contributed by atoms with Crippen LogP contribution in [0.25, 0.3) is 0 Å². The van der Waals surface area contributed by atoms with Crippen molar-refractivity contribution < 1.29 is 17.7 Å². The van der Waals surface area contributed by atoms with Crippen LogP contribution in [-0.4, -0.2) is 84.4 Å². The van der Waals surface area contributed by atoms with E-state index in [1.165, 1.54) is 15.6 Å². The van der Waals surface area contributed by atoms with Crippen molar-refractivity contribution >= 4 is 39.0 Å². The van der Waals surface area contributed by atoms with Gasteiger partial charge in [0.25, 0.3) is 5.91 Å². The molecule has 8 nitrogen and oxygen atoms in total. The fourth-order valence-electron chi connectivity index (χ4n) is 3.79. The maximum absolute atomic E-state index is 13.1. The Balaban J connectivity index is 1.42. The zero-order valence-electron chi connectivity index (χ0n) is 17.2. The number of sulfonamides is 1. The van der Waals surface area contributed by atoms with Gasteiger partial charge in [0, 0.05) is 62.9 Å². The molecule has 0 radical (unpaired) electrons. The number of hydrogen-bond donors (Lipinski definition) is 0. The van der Waals surface area contributed by atoms with Crippen molar-refractivity contribution in [1.82, 2.24) is 19.3 Å². The van der Waals surface area contributed by atoms with Crippen LogP contribution in [0.1, 0.15) is 26.7 Å². The summed E-state index contributed by atoms with van der Waals surface area (Å²) in [4.78, 5) is 17.7. The lowest BCUT2D eigenvalue weighted by molar-refractivity contribution is 0.0629. The van der Waals surface area contributed by atoms with Gasteiger partial charge < -0.3 is 9.42 Å². The zero-order valence-corrected chi connectivity index (χ0v) is 19.6. The van der Waals surface area contributed by atoms with Gasteiger partial charge in [0.05, 0.1) is 5.69 Å². The summed E-state index contributed by atoms with van der Waals surface area (Å²) in [7, 11) is -3.63. The molecular weight excluding hydrogens is 444 g/mol. The van der Waals surface area contributed by atoms with Gasteiger partial charge in [-0.25, -0.2) is 8.42 Å². The number of carbonyl (C=O) groups excluding carboxylic acids is 1. The molecule has 0 bridgehead atoms. The molecule has 0 saturated carbocycles. The summed E-state index contributed by atoms with van der Waals surface area (Å²) >= 11 is 2.97. The minimum Gasteiger partial charge on any atom is -0.361 e. The van der Waals surface area contributed by atoms with Crippen molar-refractivity contribution in [2.45, 2.75) is 25.3 Å². The molecule has 2 aliphatic rings. The monoisotopic (exact) mass is 470 g/mol. The number of hydrogen-bond acceptors (Lipinski definition) is 8. The van der Waals surface area contributed by atoms with Crippen molar-refractivity contribution in [2.24, 2.45) is 0 Å². The first-order valence-corrected chi connectivity index (χ1v) is 13.4. The number of thiophene rings is 1. The van der Waals surface area contributed by atoms with Gasteiger partial charge in [-0.05, 0) is 25.3 Å². The summed E-state index contributed by atoms with van der Waals surface area (Å²) in [5.41, 5.74) is 2.00. The smallest absolute Gasteiger partial charge is 0.265 e. The zero-order chi connectivity index (χ0) is 21.3. The van der Waals surface area contributed by atoms with Crippen LogP contribution >= 0.6 is 23.1 Å². The van der Waals surface area contributed by atoms with Gasteiger partial charge in [0.15, 0.2) is 0 Å². The quantitative estimate of drug-likeness (QED) is 0.661. The Morgan fingerprint density at radius 3 is 2.47 bits per heavy atom. The molecule has 4 heterocycles. The van der Waals surface area contributed by atoms with Gasteiger partial charge in [-0.15, -0.1) is 11.3 Å². The third-order valence-corrected chi connectivity index (χ3v) is 9.55. The van der Waals surface area contributed by atoms with Crippen LogP contribution in [-0.2, 0) is 16.6 Å². The van der Waals surface area contributed by atoms with E-state index in [-0.39, 0.29) is 10.8 Å². The molecule has 11 heteroatoms. The molecule has 2 aromatic heterocycles. The normalized spacial score (nSPS) is 19.3. The van der Waals surface area contributed by atoms with Gasteiger partial charge in [0.1, 0.15) is 15.5 Å². The number of nitrogens with zero attached hydrogens (tertiary/aromatic N) is 4. The van der Waals surface area contributed by atoms with E-state index >= 15 is 0 Å². The summed E-state index contributed by atoms with van der Waals surface area (Å²) < 4.78 is 32.9. The van der Waals surface area contributed by atoms with Gasteiger partial charge in [-0.2, -0.15) is 16.1 Å². The first-order chi connectivity index (χ1) is 14.4. The third kappa shape index (κ3) is 4.31. The first kappa shape index (κ1) is 21.8. The summed E-state index contributed by atoms with van der Waals surface area (Å²) in [5.74, 6) is 2.22. The van der Waals surface area contributed by atoms with E-state index in [1.54, 1.807) is 28.1 Å². The lowest BCUT2D eigenvalue weighted by Crippen LogP contribution is -2.48. The van der Waals surface area contributed by atoms with Crippen LogP contribution in [0.5, 0.6) is 0 Å². The summed E-state index contributed by atoms with van der Waals surface area (Å²) in [6, 6.07) is 1.57. The Kier molecular flexibility index (Phi) is 6.54. The molecule has 0 spiro atoms. The molecule has 0 atom stereocenters. The number of rotatable bonds is 5. The first-order valence-electron chi connectivity index (χ1n) is 9.96. The van der Waals surface area contributed by atoms with Crippen molar-refractivity contribution in [3.05, 3.63) is 33.3 Å². The summed E-state index contributed by atoms with van der Waals surface area (Å²) in [5, 5.41) is 5.70. The Morgan fingerprint density at radius 2 is 1.83 bits per heavy atom. The lowest BCUT2D eigenvalue weighted by atomic mass is 10.1. The molecule has 0 unspecified atom stereocenters. The van der Waals surface area contributed by atoms with Crippen LogP contribution in [0.4, 0.5) is 0 Å². The highest BCUT2D eigenvalue weighted by molar-refractivity contribution is 7.99. The average molecular weight is 471 g/mol. The number of thioether (sulfide) groups is 1. The van der Waals surface area contributed by atoms with Gasteiger partial charge in [-0.3, -0.25) is 9.69 Å². The second-order valence-electron chi connectivity index (χ2n) is 7.50. The Labute approximate surface area is 185 Å². The SMILES string of the molecule is Cc1noc(C)c1CN1CCN(C(=O)c2sccc2S(=O)(=O)N2CCSCC2)CC1. The Morgan fingerprint density at radius 1 is 1.13 bits per heavy atom. The molecule has 0 aromatic carbocycles. The largest absolute Gasteiger partial charge is 0.361 e. The standard InChI is InChI=1S/C19H26N4O4S3/c1-14-16(15(2)27-20-14)13-21-4-6-22(7-5-21)19(24)18-17(3-10-29-18)30(25,26)23-8-11-28-12-9-23/h3,10H,4-9,11-13H2,1-2H3. The van der Waals surface area contributed by atoms with Crippen LogP contribution in [0.15, 0.2) is 20.9 Å². The van der Waals surface area contributed by atoms with Crippen LogP contribution < -0.4 is 0 Å². The van der Waals surface area contributed by atoms with Crippen molar-refractivity contribution in [3.63, 3.8) is 0 Å². The number of carbonyl (C=O) groups is 1. The van der Waals surface area contributed by atoms with Crippen LogP contribution in [0, 0.1) is 13.8 Å². The highest BCUT2D eigenvalue weighted by Gasteiger charge is 2.33. The second-order valence-corrected chi connectivity index (χ2v) is 11.5. The molecule has 2 saturated heterocycles. The van der Waals surface area contributed by atoms with Crippen molar-refractivity contribution in [1.29, 1.82) is 0 Å². The van der Waals surface area contributed by atoms with Gasteiger partial charge >= 0.3 is 0 Å². The van der Waals surface area contributed by atoms with Crippen molar-refractivity contribution in [3.8, 4) is 0 Å². The Hall–Kier alpha value is -1.40. The predicted octanol–water partition coefficient (Wildman–Crippen LogP) is 2.05. The summed E-state index contributed by atoms with van der Waals surface area (Å²) in [6.07, 6.45) is 0. The molecule has 2 aromatic rings. The molecule has 30 heavy (non-hydrogen) atoms. The van der Waals surface area contributed by atoms with Gasteiger partial charge in [0.2, 0.25) is 10.0 Å². The van der Waals surface area contributed by atoms with Crippen LogP contribution in [0.3, 0.4) is 0 Å². The van der Waals surface area contributed by atoms with Crippen molar-refractivity contribution in [2.75, 3.05) is 50.8 Å². The molecule has 0 aliphatic carbocycles. The fourth-order valence-corrected chi connectivity index (χ4v) is 7.72. The van der Waals surface area contributed by atoms with E-state index in [9.17, 15) is 13.2 Å². The molecule has 164 valence electrons. The lowest BCUT2D eigenvalue weighted by Gasteiger charge is -2.34. The molecular formula is C19H26N4O4S3. The van der Waals surface area contributed by atoms with E-state index in [1.807, 2.05) is 13.8 Å². The minimum absolute atomic E-state index is 0.155. The van der Waals surface area contributed by atoms with Crippen LogP contribution in [0.2, 0.25) is 0 Å². The van der Waals surface area contributed by atoms with E-state index in [0.717, 1.165) is 48.2 Å². The molecule has 2 fully saturated rings. The number of aromatic nitrogens is 1. The van der Waals surface area contributed by atoms with E-state index in [4.69, 9.17) is 4.52 Å². The molecule has 2 aliphatic heterocycles. The molecule has 1 amide bonds. The predicted molar refractivity (Wildman–Crippen MR) is 118 cm³/mol. The highest BCUT2D eigenvalue weighted by atomic mass is 32.2. The number of aryl methyl sites for hydroxylation is 2. The Bertz CT molecular complexity index is 983. The summed E-state index contributed by atoms with van der Waals surface area (Å²) in [6.45, 7) is 8.18.